The van der Waals surface area contributed by atoms with E-state index in [-0.39, 0.29) is 40.6 Å². The van der Waals surface area contributed by atoms with Crippen LogP contribution in [0.4, 0.5) is 14.7 Å². The Labute approximate surface area is 195 Å². The maximum Gasteiger partial charge on any atom is 0.274 e. The molecule has 0 spiro atoms. The maximum atomic E-state index is 15.0. The van der Waals surface area contributed by atoms with E-state index in [2.05, 4.69) is 15.1 Å². The number of fused-ring (bicyclic) bond motifs is 1. The molecule has 1 aromatic carbocycles. The van der Waals surface area contributed by atoms with E-state index in [1.54, 1.807) is 4.90 Å². The van der Waals surface area contributed by atoms with Crippen LogP contribution in [-0.4, -0.2) is 68.4 Å². The predicted octanol–water partition coefficient (Wildman–Crippen LogP) is 2.45. The zero-order valence-corrected chi connectivity index (χ0v) is 19.9. The van der Waals surface area contributed by atoms with E-state index in [1.807, 2.05) is 32.6 Å². The number of aromatic amines is 1. The third kappa shape index (κ3) is 4.52. The minimum atomic E-state index is -0.873. The van der Waals surface area contributed by atoms with Gasteiger partial charge in [0.2, 0.25) is 11.9 Å². The number of anilines is 1. The zero-order valence-electron chi connectivity index (χ0n) is 19.9. The molecule has 0 saturated carbocycles. The van der Waals surface area contributed by atoms with Gasteiger partial charge < -0.3 is 14.5 Å². The Morgan fingerprint density at radius 2 is 1.91 bits per heavy atom. The van der Waals surface area contributed by atoms with Gasteiger partial charge in [0.15, 0.2) is 5.82 Å². The Bertz CT molecular complexity index is 1280. The molecule has 1 unspecified atom stereocenters. The van der Waals surface area contributed by atoms with Gasteiger partial charge in [-0.2, -0.15) is 0 Å². The molecule has 0 bridgehead atoms. The van der Waals surface area contributed by atoms with Crippen LogP contribution in [0.15, 0.2) is 23.3 Å². The van der Waals surface area contributed by atoms with Crippen LogP contribution in [0.5, 0.6) is 0 Å². The molecule has 0 radical (unpaired) electrons. The number of ether oxygens (including phenoxy) is 1. The second-order valence-electron chi connectivity index (χ2n) is 9.50. The number of hydrogen-bond acceptors (Lipinski definition) is 6. The van der Waals surface area contributed by atoms with Crippen LogP contribution >= 0.6 is 0 Å². The first-order valence-corrected chi connectivity index (χ1v) is 11.0. The van der Waals surface area contributed by atoms with Crippen molar-refractivity contribution in [2.24, 2.45) is 7.05 Å². The molecule has 1 aliphatic heterocycles. The first-order chi connectivity index (χ1) is 16.0. The number of nitrogens with one attached hydrogen (secondary N) is 1. The van der Waals surface area contributed by atoms with Crippen LogP contribution in [0, 0.1) is 11.6 Å². The number of aryl methyl sites for hydroxylation is 1. The SMILES string of the molecule is CC1CN(c2ncc(-c3c(F)cc4c(=O)n(C)[nH]c4c3F)cn2)CCN1C(=O)COC(C)(C)C. The zero-order chi connectivity index (χ0) is 24.8. The Balaban J connectivity index is 1.50. The van der Waals surface area contributed by atoms with E-state index in [0.29, 0.717) is 25.6 Å². The standard InChI is InChI=1S/C23H28F2N6O3/c1-13-11-30(6-7-31(13)17(32)12-34-23(2,3)4)22-26-9-14(10-27-22)18-16(24)8-15-20(19(18)25)28-29(5)21(15)33/h8-10,13,28H,6-7,11-12H2,1-5H3. The number of halogens is 2. The van der Waals surface area contributed by atoms with Crippen molar-refractivity contribution < 1.29 is 18.3 Å². The molecule has 11 heteroatoms. The van der Waals surface area contributed by atoms with Crippen LogP contribution in [0.1, 0.15) is 27.7 Å². The fourth-order valence-electron chi connectivity index (χ4n) is 4.05. The lowest BCUT2D eigenvalue weighted by Gasteiger charge is -2.40. The molecule has 34 heavy (non-hydrogen) atoms. The average molecular weight is 475 g/mol. The fraction of sp³-hybridized carbons (Fsp3) is 0.478. The molecule has 1 aliphatic rings. The van der Waals surface area contributed by atoms with Gasteiger partial charge in [0.05, 0.1) is 16.6 Å². The topological polar surface area (TPSA) is 96.4 Å². The number of piperazine rings is 1. The highest BCUT2D eigenvalue weighted by Gasteiger charge is 2.29. The van der Waals surface area contributed by atoms with Gasteiger partial charge in [-0.25, -0.2) is 18.7 Å². The van der Waals surface area contributed by atoms with Crippen LogP contribution < -0.4 is 10.5 Å². The van der Waals surface area contributed by atoms with Gasteiger partial charge >= 0.3 is 0 Å². The summed E-state index contributed by atoms with van der Waals surface area (Å²) in [6, 6.07) is 0.933. The Kier molecular flexibility index (Phi) is 6.15. The molecule has 3 heterocycles. The molecule has 3 aromatic rings. The summed E-state index contributed by atoms with van der Waals surface area (Å²) in [6.45, 7) is 9.18. The molecular formula is C23H28F2N6O3. The van der Waals surface area contributed by atoms with E-state index in [4.69, 9.17) is 4.74 Å². The summed E-state index contributed by atoms with van der Waals surface area (Å²) in [5, 5.41) is 2.54. The molecule has 1 N–H and O–H groups in total. The number of carbonyl (C=O) groups excluding carboxylic acids is 1. The van der Waals surface area contributed by atoms with Crippen LogP contribution in [0.25, 0.3) is 22.0 Å². The molecule has 1 amide bonds. The summed E-state index contributed by atoms with van der Waals surface area (Å²) >= 11 is 0. The van der Waals surface area contributed by atoms with E-state index in [1.165, 1.54) is 19.4 Å². The van der Waals surface area contributed by atoms with Crippen molar-refractivity contribution in [1.82, 2.24) is 24.6 Å². The summed E-state index contributed by atoms with van der Waals surface area (Å²) in [7, 11) is 1.43. The summed E-state index contributed by atoms with van der Waals surface area (Å²) in [5.74, 6) is -1.40. The van der Waals surface area contributed by atoms with Crippen molar-refractivity contribution in [2.45, 2.75) is 39.3 Å². The first-order valence-electron chi connectivity index (χ1n) is 11.0. The smallest absolute Gasteiger partial charge is 0.274 e. The van der Waals surface area contributed by atoms with E-state index >= 15 is 4.39 Å². The van der Waals surface area contributed by atoms with Crippen molar-refractivity contribution in [2.75, 3.05) is 31.1 Å². The van der Waals surface area contributed by atoms with Gasteiger partial charge in [0.25, 0.3) is 5.56 Å². The van der Waals surface area contributed by atoms with Crippen LogP contribution in [0.3, 0.4) is 0 Å². The van der Waals surface area contributed by atoms with Crippen molar-refractivity contribution in [3.05, 3.63) is 40.4 Å². The lowest BCUT2D eigenvalue weighted by molar-refractivity contribution is -0.143. The highest BCUT2D eigenvalue weighted by atomic mass is 19.1. The number of carbonyl (C=O) groups is 1. The summed E-state index contributed by atoms with van der Waals surface area (Å²) in [6.07, 6.45) is 2.71. The van der Waals surface area contributed by atoms with Gasteiger partial charge in [-0.05, 0) is 33.8 Å². The van der Waals surface area contributed by atoms with Gasteiger partial charge in [-0.1, -0.05) is 0 Å². The Hall–Kier alpha value is -3.34. The third-order valence-electron chi connectivity index (χ3n) is 5.82. The highest BCUT2D eigenvalue weighted by molar-refractivity contribution is 5.85. The summed E-state index contributed by atoms with van der Waals surface area (Å²) in [5.41, 5.74) is -1.12. The molecule has 1 saturated heterocycles. The minimum Gasteiger partial charge on any atom is -0.366 e. The second kappa shape index (κ2) is 8.79. The highest BCUT2D eigenvalue weighted by Crippen LogP contribution is 2.30. The van der Waals surface area contributed by atoms with Crippen molar-refractivity contribution >= 4 is 22.8 Å². The maximum absolute atomic E-state index is 15.0. The molecule has 182 valence electrons. The molecular weight excluding hydrogens is 446 g/mol. The molecule has 1 atom stereocenters. The van der Waals surface area contributed by atoms with Gasteiger partial charge in [-0.3, -0.25) is 19.4 Å². The number of hydrogen-bond donors (Lipinski definition) is 1. The fourth-order valence-corrected chi connectivity index (χ4v) is 4.05. The minimum absolute atomic E-state index is 0.0210. The Morgan fingerprint density at radius 1 is 1.24 bits per heavy atom. The quantitative estimate of drug-likeness (QED) is 0.624. The Morgan fingerprint density at radius 3 is 2.53 bits per heavy atom. The number of rotatable bonds is 4. The van der Waals surface area contributed by atoms with E-state index < -0.39 is 22.8 Å². The number of benzene rings is 1. The molecule has 4 rings (SSSR count). The molecule has 0 aliphatic carbocycles. The van der Waals surface area contributed by atoms with Crippen LogP contribution in [0.2, 0.25) is 0 Å². The van der Waals surface area contributed by atoms with Crippen molar-refractivity contribution in [3.63, 3.8) is 0 Å². The average Bonchev–Trinajstić information content (AvgIpc) is 3.06. The molecule has 9 nitrogen and oxygen atoms in total. The van der Waals surface area contributed by atoms with Crippen molar-refractivity contribution in [3.8, 4) is 11.1 Å². The third-order valence-corrected chi connectivity index (χ3v) is 5.82. The lowest BCUT2D eigenvalue weighted by Crippen LogP contribution is -2.55. The predicted molar refractivity (Wildman–Crippen MR) is 124 cm³/mol. The van der Waals surface area contributed by atoms with E-state index in [0.717, 1.165) is 10.7 Å². The second-order valence-corrected chi connectivity index (χ2v) is 9.50. The summed E-state index contributed by atoms with van der Waals surface area (Å²) < 4.78 is 36.4. The largest absolute Gasteiger partial charge is 0.366 e. The van der Waals surface area contributed by atoms with Crippen LogP contribution in [-0.2, 0) is 16.6 Å². The van der Waals surface area contributed by atoms with Gasteiger partial charge in [-0.15, -0.1) is 0 Å². The number of nitrogens with zero attached hydrogens (tertiary/aromatic N) is 5. The number of amides is 1. The lowest BCUT2D eigenvalue weighted by atomic mass is 10.1. The monoisotopic (exact) mass is 474 g/mol. The van der Waals surface area contributed by atoms with Gasteiger partial charge in [0.1, 0.15) is 17.9 Å². The van der Waals surface area contributed by atoms with E-state index in [9.17, 15) is 14.0 Å². The number of H-pyrrole nitrogens is 1. The van der Waals surface area contributed by atoms with Crippen molar-refractivity contribution in [1.29, 1.82) is 0 Å². The number of aromatic nitrogens is 4. The summed E-state index contributed by atoms with van der Waals surface area (Å²) in [4.78, 5) is 36.9. The molecule has 2 aromatic heterocycles. The van der Waals surface area contributed by atoms with Gasteiger partial charge in [0, 0.05) is 50.7 Å². The molecule has 1 fully saturated rings. The normalized spacial score (nSPS) is 17.0. The first kappa shape index (κ1) is 23.8.